The van der Waals surface area contributed by atoms with Crippen LogP contribution in [0.1, 0.15) is 33.2 Å². The lowest BCUT2D eigenvalue weighted by atomic mass is 10.0. The van der Waals surface area contributed by atoms with Crippen LogP contribution in [0, 0.1) is 6.92 Å². The summed E-state index contributed by atoms with van der Waals surface area (Å²) in [6, 6.07) is 25.6. The van der Waals surface area contributed by atoms with Crippen LogP contribution in [-0.2, 0) is 11.3 Å². The predicted octanol–water partition coefficient (Wildman–Crippen LogP) is 4.55. The molecule has 32 heavy (non-hydrogen) atoms. The van der Waals surface area contributed by atoms with E-state index < -0.39 is 6.04 Å². The van der Waals surface area contributed by atoms with Crippen molar-refractivity contribution in [3.63, 3.8) is 0 Å². The van der Waals surface area contributed by atoms with Gasteiger partial charge in [-0.05, 0) is 41.7 Å². The SMILES string of the molecule is Cc1ccc(N(C(=O)c2csnn2)[C@@H](C(=O)NCc2ccccc2)c2ccccc2)cc1. The quantitative estimate of drug-likeness (QED) is 0.456. The number of aromatic nitrogens is 2. The van der Waals surface area contributed by atoms with Crippen molar-refractivity contribution < 1.29 is 9.59 Å². The molecule has 1 atom stereocenters. The zero-order valence-electron chi connectivity index (χ0n) is 17.5. The number of nitrogens with one attached hydrogen (secondary N) is 1. The van der Waals surface area contributed by atoms with E-state index >= 15 is 0 Å². The van der Waals surface area contributed by atoms with E-state index in [1.54, 1.807) is 5.38 Å². The lowest BCUT2D eigenvalue weighted by Crippen LogP contribution is -2.44. The first-order valence-corrected chi connectivity index (χ1v) is 11.0. The predicted molar refractivity (Wildman–Crippen MR) is 125 cm³/mol. The monoisotopic (exact) mass is 442 g/mol. The van der Waals surface area contributed by atoms with Crippen LogP contribution in [0.5, 0.6) is 0 Å². The van der Waals surface area contributed by atoms with Crippen LogP contribution < -0.4 is 10.2 Å². The number of aryl methyl sites for hydroxylation is 1. The molecule has 0 spiro atoms. The van der Waals surface area contributed by atoms with Crippen LogP contribution in [-0.4, -0.2) is 21.4 Å². The molecule has 1 N–H and O–H groups in total. The van der Waals surface area contributed by atoms with Crippen LogP contribution in [0.25, 0.3) is 0 Å². The Morgan fingerprint density at radius 3 is 2.22 bits per heavy atom. The van der Waals surface area contributed by atoms with Gasteiger partial charge in [0.05, 0.1) is 0 Å². The highest BCUT2D eigenvalue weighted by Crippen LogP contribution is 2.30. The van der Waals surface area contributed by atoms with Gasteiger partial charge in [0.1, 0.15) is 6.04 Å². The number of rotatable bonds is 7. The number of carbonyl (C=O) groups is 2. The largest absolute Gasteiger partial charge is 0.350 e. The van der Waals surface area contributed by atoms with E-state index in [1.165, 1.54) is 4.90 Å². The second-order valence-electron chi connectivity index (χ2n) is 7.32. The summed E-state index contributed by atoms with van der Waals surface area (Å²) >= 11 is 1.10. The third kappa shape index (κ3) is 4.90. The molecule has 1 aromatic heterocycles. The van der Waals surface area contributed by atoms with Crippen LogP contribution >= 0.6 is 11.5 Å². The van der Waals surface area contributed by atoms with Crippen molar-refractivity contribution in [2.45, 2.75) is 19.5 Å². The Labute approximate surface area is 190 Å². The standard InChI is InChI=1S/C25H22N4O2S/c1-18-12-14-21(15-13-18)29(25(31)22-17-32-28-27-22)23(20-10-6-3-7-11-20)24(30)26-16-19-8-4-2-5-9-19/h2-15,17,23H,16H2,1H3,(H,26,30)/t23-/m1/s1. The Kier molecular flexibility index (Phi) is 6.67. The molecule has 0 aliphatic heterocycles. The van der Waals surface area contributed by atoms with Gasteiger partial charge in [0.25, 0.3) is 5.91 Å². The van der Waals surface area contributed by atoms with Gasteiger partial charge in [-0.25, -0.2) is 0 Å². The molecule has 4 rings (SSSR count). The third-order valence-corrected chi connectivity index (χ3v) is 5.55. The van der Waals surface area contributed by atoms with Gasteiger partial charge in [0, 0.05) is 17.6 Å². The Morgan fingerprint density at radius 2 is 1.59 bits per heavy atom. The number of nitrogens with zero attached hydrogens (tertiary/aromatic N) is 3. The molecule has 3 aromatic carbocycles. The van der Waals surface area contributed by atoms with Gasteiger partial charge in [-0.1, -0.05) is 82.8 Å². The number of hydrogen-bond donors (Lipinski definition) is 1. The summed E-state index contributed by atoms with van der Waals surface area (Å²) in [5.74, 6) is -0.663. The minimum Gasteiger partial charge on any atom is -0.350 e. The average molecular weight is 443 g/mol. The maximum atomic E-state index is 13.5. The van der Waals surface area contributed by atoms with Crippen molar-refractivity contribution in [2.75, 3.05) is 4.90 Å². The first-order chi connectivity index (χ1) is 15.6. The molecule has 2 amide bonds. The van der Waals surface area contributed by atoms with Crippen molar-refractivity contribution in [3.05, 3.63) is 113 Å². The van der Waals surface area contributed by atoms with Crippen molar-refractivity contribution in [2.24, 2.45) is 0 Å². The van der Waals surface area contributed by atoms with E-state index in [1.807, 2.05) is 91.9 Å². The topological polar surface area (TPSA) is 75.2 Å². The molecule has 0 unspecified atom stereocenters. The van der Waals surface area contributed by atoms with E-state index in [-0.39, 0.29) is 17.5 Å². The molecule has 6 nitrogen and oxygen atoms in total. The van der Waals surface area contributed by atoms with E-state index in [0.717, 1.165) is 22.7 Å². The van der Waals surface area contributed by atoms with Crippen molar-refractivity contribution in [1.82, 2.24) is 14.9 Å². The van der Waals surface area contributed by atoms with E-state index in [0.29, 0.717) is 17.8 Å². The molecule has 0 saturated heterocycles. The number of anilines is 1. The van der Waals surface area contributed by atoms with Crippen LogP contribution in [0.3, 0.4) is 0 Å². The first kappa shape index (κ1) is 21.4. The van der Waals surface area contributed by atoms with Gasteiger partial charge in [0.15, 0.2) is 5.69 Å². The maximum Gasteiger partial charge on any atom is 0.280 e. The highest BCUT2D eigenvalue weighted by molar-refractivity contribution is 7.03. The highest BCUT2D eigenvalue weighted by Gasteiger charge is 2.34. The van der Waals surface area contributed by atoms with Crippen molar-refractivity contribution >= 4 is 29.0 Å². The minimum absolute atomic E-state index is 0.201. The summed E-state index contributed by atoms with van der Waals surface area (Å²) < 4.78 is 3.83. The number of amides is 2. The smallest absolute Gasteiger partial charge is 0.280 e. The zero-order valence-corrected chi connectivity index (χ0v) is 18.3. The van der Waals surface area contributed by atoms with Gasteiger partial charge >= 0.3 is 0 Å². The van der Waals surface area contributed by atoms with E-state index in [9.17, 15) is 9.59 Å². The molecule has 0 fully saturated rings. The van der Waals surface area contributed by atoms with Crippen LogP contribution in [0.4, 0.5) is 5.69 Å². The van der Waals surface area contributed by atoms with Gasteiger partial charge in [-0.2, -0.15) is 0 Å². The number of benzene rings is 3. The minimum atomic E-state index is -0.878. The molecular weight excluding hydrogens is 420 g/mol. The Bertz CT molecular complexity index is 1160. The Balaban J connectivity index is 1.75. The fourth-order valence-corrected chi connectivity index (χ4v) is 3.83. The second kappa shape index (κ2) is 9.98. The van der Waals surface area contributed by atoms with E-state index in [2.05, 4.69) is 14.9 Å². The molecule has 4 aromatic rings. The molecular formula is C25H22N4O2S. The lowest BCUT2D eigenvalue weighted by molar-refractivity contribution is -0.122. The molecule has 0 aliphatic rings. The fourth-order valence-electron chi connectivity index (χ4n) is 3.40. The molecule has 0 saturated carbocycles. The van der Waals surface area contributed by atoms with Crippen LogP contribution in [0.2, 0.25) is 0 Å². The van der Waals surface area contributed by atoms with Crippen LogP contribution in [0.15, 0.2) is 90.3 Å². The van der Waals surface area contributed by atoms with Crippen molar-refractivity contribution in [1.29, 1.82) is 0 Å². The molecule has 0 radical (unpaired) electrons. The average Bonchev–Trinajstić information content (AvgIpc) is 3.38. The fraction of sp³-hybridized carbons (Fsp3) is 0.120. The maximum absolute atomic E-state index is 13.5. The number of hydrogen-bond acceptors (Lipinski definition) is 5. The van der Waals surface area contributed by atoms with E-state index in [4.69, 9.17) is 0 Å². The van der Waals surface area contributed by atoms with Crippen molar-refractivity contribution in [3.8, 4) is 0 Å². The van der Waals surface area contributed by atoms with Gasteiger partial charge < -0.3 is 5.32 Å². The molecule has 0 aliphatic carbocycles. The highest BCUT2D eigenvalue weighted by atomic mass is 32.1. The Hall–Kier alpha value is -3.84. The van der Waals surface area contributed by atoms with Gasteiger partial charge in [0.2, 0.25) is 5.91 Å². The third-order valence-electron chi connectivity index (χ3n) is 5.04. The summed E-state index contributed by atoms with van der Waals surface area (Å²) in [5.41, 5.74) is 3.55. The summed E-state index contributed by atoms with van der Waals surface area (Å²) in [6.07, 6.45) is 0. The molecule has 1 heterocycles. The number of carbonyl (C=O) groups excluding carboxylic acids is 2. The normalized spacial score (nSPS) is 11.5. The van der Waals surface area contributed by atoms with Gasteiger partial charge in [-0.15, -0.1) is 5.10 Å². The second-order valence-corrected chi connectivity index (χ2v) is 7.93. The Morgan fingerprint density at radius 1 is 0.938 bits per heavy atom. The molecule has 0 bridgehead atoms. The first-order valence-electron chi connectivity index (χ1n) is 10.2. The zero-order chi connectivity index (χ0) is 22.3. The summed E-state index contributed by atoms with van der Waals surface area (Å²) in [6.45, 7) is 2.33. The molecule has 7 heteroatoms. The van der Waals surface area contributed by atoms with Gasteiger partial charge in [-0.3, -0.25) is 14.5 Å². The summed E-state index contributed by atoms with van der Waals surface area (Å²) in [5, 5.41) is 8.54. The lowest BCUT2D eigenvalue weighted by Gasteiger charge is -2.31. The molecule has 160 valence electrons. The summed E-state index contributed by atoms with van der Waals surface area (Å²) in [7, 11) is 0. The summed E-state index contributed by atoms with van der Waals surface area (Å²) in [4.78, 5) is 28.6.